The maximum absolute atomic E-state index is 12.2. The molecule has 0 heterocycles. The maximum atomic E-state index is 12.2. The van der Waals surface area contributed by atoms with Crippen LogP contribution in [0.4, 0.5) is 5.69 Å². The van der Waals surface area contributed by atoms with E-state index in [0.29, 0.717) is 24.2 Å². The maximum Gasteiger partial charge on any atom is 0.253 e. The molecule has 1 atom stereocenters. The molecule has 0 aromatic heterocycles. The Labute approximate surface area is 126 Å². The average Bonchev–Trinajstić information content (AvgIpc) is 2.45. The summed E-state index contributed by atoms with van der Waals surface area (Å²) in [5.41, 5.74) is 6.49. The Balaban J connectivity index is 2.81. The van der Waals surface area contributed by atoms with E-state index in [1.165, 1.54) is 0 Å². The number of nitrogens with one attached hydrogen (secondary N) is 1. The van der Waals surface area contributed by atoms with E-state index >= 15 is 0 Å². The van der Waals surface area contributed by atoms with Crippen molar-refractivity contribution in [1.29, 1.82) is 0 Å². The number of carbonyl (C=O) groups is 1. The van der Waals surface area contributed by atoms with Crippen molar-refractivity contribution in [2.45, 2.75) is 26.3 Å². The summed E-state index contributed by atoms with van der Waals surface area (Å²) in [5.74, 6) is -0.0688. The number of nitrogens with two attached hydrogens (primary N) is 1. The molecule has 0 aliphatic carbocycles. The minimum atomic E-state index is -3.31. The summed E-state index contributed by atoms with van der Waals surface area (Å²) in [4.78, 5) is 13.7. The Morgan fingerprint density at radius 2 is 1.90 bits per heavy atom. The second-order valence-electron chi connectivity index (χ2n) is 5.00. The number of likely N-dealkylation sites (N-methyl/N-ethyl adjacent to an activating group) is 1. The summed E-state index contributed by atoms with van der Waals surface area (Å²) in [5, 5.41) is 0. The van der Waals surface area contributed by atoms with Crippen molar-refractivity contribution in [3.63, 3.8) is 0 Å². The summed E-state index contributed by atoms with van der Waals surface area (Å²) in [7, 11) is -1.62. The molecule has 1 aromatic rings. The molecule has 1 rings (SSSR count). The largest absolute Gasteiger partial charge is 0.338 e. The smallest absolute Gasteiger partial charge is 0.253 e. The number of benzene rings is 1. The molecule has 1 unspecified atom stereocenters. The molecule has 0 spiro atoms. The highest BCUT2D eigenvalue weighted by Gasteiger charge is 2.16. The SMILES string of the molecule is CCCS(=O)(=O)Nc1ccc(C(=O)N(C)C(C)CN)cc1. The van der Waals surface area contributed by atoms with Crippen LogP contribution in [-0.4, -0.2) is 44.6 Å². The standard InChI is InChI=1S/C14H23N3O3S/c1-4-9-21(19,20)16-13-7-5-12(6-8-13)14(18)17(3)11(2)10-15/h5-8,11,16H,4,9-10,15H2,1-3H3. The number of carbonyl (C=O) groups excluding carboxylic acids is 1. The number of sulfonamides is 1. The molecule has 0 radical (unpaired) electrons. The van der Waals surface area contributed by atoms with Crippen LogP contribution in [-0.2, 0) is 10.0 Å². The van der Waals surface area contributed by atoms with Gasteiger partial charge < -0.3 is 10.6 Å². The first-order valence-corrected chi connectivity index (χ1v) is 8.53. The van der Waals surface area contributed by atoms with Gasteiger partial charge in [0.25, 0.3) is 5.91 Å². The van der Waals surface area contributed by atoms with Crippen LogP contribution >= 0.6 is 0 Å². The molecule has 0 saturated heterocycles. The normalized spacial score (nSPS) is 12.8. The molecule has 6 nitrogen and oxygen atoms in total. The fourth-order valence-electron chi connectivity index (χ4n) is 1.74. The highest BCUT2D eigenvalue weighted by molar-refractivity contribution is 7.92. The van der Waals surface area contributed by atoms with Crippen molar-refractivity contribution in [3.8, 4) is 0 Å². The van der Waals surface area contributed by atoms with Crippen molar-refractivity contribution >= 4 is 21.6 Å². The van der Waals surface area contributed by atoms with E-state index in [2.05, 4.69) is 4.72 Å². The number of nitrogens with zero attached hydrogens (tertiary/aromatic N) is 1. The lowest BCUT2D eigenvalue weighted by Gasteiger charge is -2.23. The zero-order valence-electron chi connectivity index (χ0n) is 12.7. The molecule has 3 N–H and O–H groups in total. The third-order valence-corrected chi connectivity index (χ3v) is 4.69. The lowest BCUT2D eigenvalue weighted by molar-refractivity contribution is 0.0748. The Morgan fingerprint density at radius 3 is 2.38 bits per heavy atom. The molecule has 0 bridgehead atoms. The van der Waals surface area contributed by atoms with Crippen LogP contribution in [0.3, 0.4) is 0 Å². The van der Waals surface area contributed by atoms with Gasteiger partial charge in [-0.05, 0) is 37.6 Å². The van der Waals surface area contributed by atoms with Crippen molar-refractivity contribution in [2.75, 3.05) is 24.1 Å². The quantitative estimate of drug-likeness (QED) is 0.792. The monoisotopic (exact) mass is 313 g/mol. The zero-order valence-corrected chi connectivity index (χ0v) is 13.5. The van der Waals surface area contributed by atoms with E-state index in [0.717, 1.165) is 0 Å². The highest BCUT2D eigenvalue weighted by Crippen LogP contribution is 2.14. The topological polar surface area (TPSA) is 92.5 Å². The lowest BCUT2D eigenvalue weighted by Crippen LogP contribution is -2.39. The van der Waals surface area contributed by atoms with Gasteiger partial charge in [0.15, 0.2) is 0 Å². The first-order valence-electron chi connectivity index (χ1n) is 6.88. The molecule has 0 aliphatic rings. The third-order valence-electron chi connectivity index (χ3n) is 3.20. The molecule has 21 heavy (non-hydrogen) atoms. The van der Waals surface area contributed by atoms with E-state index in [1.54, 1.807) is 43.1 Å². The fraction of sp³-hybridized carbons (Fsp3) is 0.500. The van der Waals surface area contributed by atoms with Gasteiger partial charge >= 0.3 is 0 Å². The van der Waals surface area contributed by atoms with Crippen molar-refractivity contribution < 1.29 is 13.2 Å². The molecule has 0 fully saturated rings. The van der Waals surface area contributed by atoms with E-state index in [-0.39, 0.29) is 17.7 Å². The van der Waals surface area contributed by atoms with Gasteiger partial charge in [0.1, 0.15) is 0 Å². The Kier molecular flexibility index (Phi) is 6.17. The summed E-state index contributed by atoms with van der Waals surface area (Å²) >= 11 is 0. The Bertz CT molecular complexity index is 570. The summed E-state index contributed by atoms with van der Waals surface area (Å²) in [6.07, 6.45) is 0.549. The van der Waals surface area contributed by atoms with Gasteiger partial charge in [-0.1, -0.05) is 6.92 Å². The average molecular weight is 313 g/mol. The number of hydrogen-bond donors (Lipinski definition) is 2. The van der Waals surface area contributed by atoms with E-state index in [9.17, 15) is 13.2 Å². The Hall–Kier alpha value is -1.60. The molecule has 0 aliphatic heterocycles. The minimum Gasteiger partial charge on any atom is -0.338 e. The number of amides is 1. The highest BCUT2D eigenvalue weighted by atomic mass is 32.2. The van der Waals surface area contributed by atoms with Crippen molar-refractivity contribution in [3.05, 3.63) is 29.8 Å². The van der Waals surface area contributed by atoms with Gasteiger partial charge in [0.2, 0.25) is 10.0 Å². The van der Waals surface area contributed by atoms with Gasteiger partial charge in [-0.15, -0.1) is 0 Å². The second kappa shape index (κ2) is 7.42. The summed E-state index contributed by atoms with van der Waals surface area (Å²) in [6.45, 7) is 4.05. The van der Waals surface area contributed by atoms with Crippen LogP contribution in [0.15, 0.2) is 24.3 Å². The third kappa shape index (κ3) is 5.02. The van der Waals surface area contributed by atoms with Crippen LogP contribution in [0.1, 0.15) is 30.6 Å². The number of hydrogen-bond acceptors (Lipinski definition) is 4. The number of rotatable bonds is 7. The van der Waals surface area contributed by atoms with Crippen LogP contribution in [0, 0.1) is 0 Å². The predicted octanol–water partition coefficient (Wildman–Crippen LogP) is 1.26. The lowest BCUT2D eigenvalue weighted by atomic mass is 10.1. The van der Waals surface area contributed by atoms with Crippen LogP contribution < -0.4 is 10.5 Å². The van der Waals surface area contributed by atoms with E-state index < -0.39 is 10.0 Å². The first kappa shape index (κ1) is 17.5. The van der Waals surface area contributed by atoms with Crippen LogP contribution in [0.25, 0.3) is 0 Å². The fourth-order valence-corrected chi connectivity index (χ4v) is 2.88. The van der Waals surface area contributed by atoms with E-state index in [1.807, 2.05) is 6.92 Å². The molecular weight excluding hydrogens is 290 g/mol. The van der Waals surface area contributed by atoms with Gasteiger partial charge in [-0.3, -0.25) is 9.52 Å². The molecular formula is C14H23N3O3S. The van der Waals surface area contributed by atoms with Crippen LogP contribution in [0.2, 0.25) is 0 Å². The summed E-state index contributed by atoms with van der Waals surface area (Å²) < 4.78 is 25.8. The van der Waals surface area contributed by atoms with Gasteiger partial charge in [-0.2, -0.15) is 0 Å². The first-order chi connectivity index (χ1) is 9.80. The van der Waals surface area contributed by atoms with Gasteiger partial charge in [0, 0.05) is 30.9 Å². The Morgan fingerprint density at radius 1 is 1.33 bits per heavy atom. The molecule has 1 amide bonds. The predicted molar refractivity (Wildman–Crippen MR) is 84.8 cm³/mol. The van der Waals surface area contributed by atoms with E-state index in [4.69, 9.17) is 5.73 Å². The second-order valence-corrected chi connectivity index (χ2v) is 6.84. The van der Waals surface area contributed by atoms with Crippen molar-refractivity contribution in [2.24, 2.45) is 5.73 Å². The molecule has 0 saturated carbocycles. The minimum absolute atomic E-state index is 0.0553. The molecule has 7 heteroatoms. The van der Waals surface area contributed by atoms with Gasteiger partial charge in [0.05, 0.1) is 5.75 Å². The van der Waals surface area contributed by atoms with Gasteiger partial charge in [-0.25, -0.2) is 8.42 Å². The van der Waals surface area contributed by atoms with Crippen LogP contribution in [0.5, 0.6) is 0 Å². The van der Waals surface area contributed by atoms with Crippen molar-refractivity contribution in [1.82, 2.24) is 4.90 Å². The zero-order chi connectivity index (χ0) is 16.0. The summed E-state index contributed by atoms with van der Waals surface area (Å²) in [6, 6.07) is 6.32. The molecule has 1 aromatic carbocycles. The molecule has 118 valence electrons. The number of anilines is 1.